The van der Waals surface area contributed by atoms with E-state index >= 15 is 0 Å². The topological polar surface area (TPSA) is 29.1 Å². The van der Waals surface area contributed by atoms with Crippen molar-refractivity contribution in [3.8, 4) is 0 Å². The van der Waals surface area contributed by atoms with Crippen molar-refractivity contribution in [1.82, 2.24) is 5.32 Å². The number of hydrogen-bond acceptors (Lipinski definition) is 2. The molecule has 94 valence electrons. The zero-order valence-electron chi connectivity index (χ0n) is 10.8. The molecule has 0 saturated heterocycles. The number of ketones is 1. The Bertz CT molecular complexity index is 516. The van der Waals surface area contributed by atoms with Crippen molar-refractivity contribution in [2.45, 2.75) is 38.6 Å². The highest BCUT2D eigenvalue weighted by Gasteiger charge is 2.25. The van der Waals surface area contributed by atoms with Gasteiger partial charge in [-0.1, -0.05) is 25.1 Å². The van der Waals surface area contributed by atoms with Crippen LogP contribution in [0.15, 0.2) is 18.2 Å². The van der Waals surface area contributed by atoms with Gasteiger partial charge in [0.1, 0.15) is 0 Å². The van der Waals surface area contributed by atoms with Gasteiger partial charge in [0, 0.05) is 11.6 Å². The maximum Gasteiger partial charge on any atom is 0.186 e. The van der Waals surface area contributed by atoms with Gasteiger partial charge in [-0.2, -0.15) is 0 Å². The zero-order chi connectivity index (χ0) is 12.5. The van der Waals surface area contributed by atoms with Crippen LogP contribution in [0.2, 0.25) is 0 Å². The van der Waals surface area contributed by atoms with Crippen molar-refractivity contribution in [3.63, 3.8) is 0 Å². The predicted octanol–water partition coefficient (Wildman–Crippen LogP) is 2.75. The molecule has 18 heavy (non-hydrogen) atoms. The lowest BCUT2D eigenvalue weighted by atomic mass is 9.83. The maximum atomic E-state index is 11.9. The average Bonchev–Trinajstić information content (AvgIpc) is 2.78. The van der Waals surface area contributed by atoms with Gasteiger partial charge in [-0.15, -0.1) is 0 Å². The number of fused-ring (bicyclic) bond motifs is 3. The SMILES string of the molecule is CCCN[C@@H]1CCc2c(ccc3c2C(=O)C=C3)C1. The highest BCUT2D eigenvalue weighted by Crippen LogP contribution is 2.31. The molecule has 2 nitrogen and oxygen atoms in total. The standard InChI is InChI=1S/C16H19NO/c1-2-9-17-13-6-7-14-12(10-13)4-3-11-5-8-15(18)16(11)14/h3-5,8,13,17H,2,6-7,9-10H2,1H3/t13-/m1/s1. The molecule has 0 fully saturated rings. The van der Waals surface area contributed by atoms with E-state index in [2.05, 4.69) is 24.4 Å². The zero-order valence-corrected chi connectivity index (χ0v) is 10.8. The molecule has 0 heterocycles. The van der Waals surface area contributed by atoms with Crippen molar-refractivity contribution >= 4 is 11.9 Å². The third-order valence-corrected chi connectivity index (χ3v) is 3.99. The van der Waals surface area contributed by atoms with Crippen LogP contribution < -0.4 is 5.32 Å². The molecule has 0 saturated carbocycles. The summed E-state index contributed by atoms with van der Waals surface area (Å²) in [5.41, 5.74) is 4.75. The van der Waals surface area contributed by atoms with E-state index in [1.807, 2.05) is 6.08 Å². The third kappa shape index (κ3) is 1.91. The summed E-state index contributed by atoms with van der Waals surface area (Å²) in [6, 6.07) is 4.88. The van der Waals surface area contributed by atoms with E-state index in [1.165, 1.54) is 17.5 Å². The van der Waals surface area contributed by atoms with Crippen LogP contribution in [0.3, 0.4) is 0 Å². The molecule has 1 N–H and O–H groups in total. The van der Waals surface area contributed by atoms with Crippen molar-refractivity contribution in [3.05, 3.63) is 40.5 Å². The molecule has 3 rings (SSSR count). The van der Waals surface area contributed by atoms with Gasteiger partial charge in [-0.25, -0.2) is 0 Å². The summed E-state index contributed by atoms with van der Waals surface area (Å²) >= 11 is 0. The minimum absolute atomic E-state index is 0.196. The summed E-state index contributed by atoms with van der Waals surface area (Å²) in [7, 11) is 0. The second-order valence-corrected chi connectivity index (χ2v) is 5.26. The van der Waals surface area contributed by atoms with Crippen LogP contribution in [0.4, 0.5) is 0 Å². The largest absolute Gasteiger partial charge is 0.314 e. The van der Waals surface area contributed by atoms with Crippen molar-refractivity contribution in [2.24, 2.45) is 0 Å². The number of allylic oxidation sites excluding steroid dienone is 1. The number of carbonyl (C=O) groups is 1. The van der Waals surface area contributed by atoms with Crippen LogP contribution in [0.25, 0.3) is 6.08 Å². The maximum absolute atomic E-state index is 11.9. The Morgan fingerprint density at radius 3 is 3.06 bits per heavy atom. The predicted molar refractivity (Wildman–Crippen MR) is 73.9 cm³/mol. The Morgan fingerprint density at radius 2 is 2.22 bits per heavy atom. The summed E-state index contributed by atoms with van der Waals surface area (Å²) < 4.78 is 0. The van der Waals surface area contributed by atoms with Crippen molar-refractivity contribution in [1.29, 1.82) is 0 Å². The molecule has 2 aliphatic carbocycles. The first kappa shape index (κ1) is 11.7. The van der Waals surface area contributed by atoms with Crippen LogP contribution >= 0.6 is 0 Å². The van der Waals surface area contributed by atoms with Crippen LogP contribution in [0.1, 0.15) is 46.8 Å². The molecule has 2 aliphatic rings. The fourth-order valence-electron chi connectivity index (χ4n) is 3.07. The summed E-state index contributed by atoms with van der Waals surface area (Å²) in [5.74, 6) is 0.196. The van der Waals surface area contributed by atoms with E-state index in [9.17, 15) is 4.79 Å². The van der Waals surface area contributed by atoms with E-state index < -0.39 is 0 Å². The molecule has 0 radical (unpaired) electrons. The molecule has 0 spiro atoms. The highest BCUT2D eigenvalue weighted by atomic mass is 16.1. The molecule has 0 bridgehead atoms. The van der Waals surface area contributed by atoms with Gasteiger partial charge in [-0.05, 0) is 55.0 Å². The monoisotopic (exact) mass is 241 g/mol. The van der Waals surface area contributed by atoms with Gasteiger partial charge in [0.2, 0.25) is 0 Å². The van der Waals surface area contributed by atoms with Crippen molar-refractivity contribution in [2.75, 3.05) is 6.54 Å². The van der Waals surface area contributed by atoms with E-state index in [4.69, 9.17) is 0 Å². The van der Waals surface area contributed by atoms with Gasteiger partial charge in [0.25, 0.3) is 0 Å². The Kier molecular flexibility index (Phi) is 3.04. The van der Waals surface area contributed by atoms with E-state index in [0.29, 0.717) is 6.04 Å². The third-order valence-electron chi connectivity index (χ3n) is 3.99. The van der Waals surface area contributed by atoms with Crippen LogP contribution in [0.5, 0.6) is 0 Å². The molecule has 1 atom stereocenters. The normalized spacial score (nSPS) is 20.9. The molecular formula is C16H19NO. The molecule has 0 unspecified atom stereocenters. The Balaban J connectivity index is 1.87. The molecular weight excluding hydrogens is 222 g/mol. The van der Waals surface area contributed by atoms with E-state index in [0.717, 1.165) is 36.9 Å². The number of carbonyl (C=O) groups excluding carboxylic acids is 1. The first-order valence-electron chi connectivity index (χ1n) is 6.90. The number of hydrogen-bond donors (Lipinski definition) is 1. The molecule has 0 aromatic heterocycles. The number of benzene rings is 1. The van der Waals surface area contributed by atoms with E-state index in [1.54, 1.807) is 6.08 Å². The van der Waals surface area contributed by atoms with Crippen molar-refractivity contribution < 1.29 is 4.79 Å². The van der Waals surface area contributed by atoms with Crippen LogP contribution in [-0.4, -0.2) is 18.4 Å². The Labute approximate surface area is 108 Å². The average molecular weight is 241 g/mol. The second-order valence-electron chi connectivity index (χ2n) is 5.26. The lowest BCUT2D eigenvalue weighted by Gasteiger charge is -2.27. The summed E-state index contributed by atoms with van der Waals surface area (Å²) in [4.78, 5) is 11.9. The van der Waals surface area contributed by atoms with Gasteiger partial charge >= 0.3 is 0 Å². The molecule has 1 aromatic rings. The lowest BCUT2D eigenvalue weighted by molar-refractivity contribution is 0.104. The summed E-state index contributed by atoms with van der Waals surface area (Å²) in [6.45, 7) is 3.28. The smallest absolute Gasteiger partial charge is 0.186 e. The minimum Gasteiger partial charge on any atom is -0.314 e. The Morgan fingerprint density at radius 1 is 1.33 bits per heavy atom. The molecule has 2 heteroatoms. The molecule has 0 amide bonds. The fourth-order valence-corrected chi connectivity index (χ4v) is 3.07. The van der Waals surface area contributed by atoms with E-state index in [-0.39, 0.29) is 5.78 Å². The fraction of sp³-hybridized carbons (Fsp3) is 0.438. The van der Waals surface area contributed by atoms with Crippen LogP contribution in [0, 0.1) is 0 Å². The first-order chi connectivity index (χ1) is 8.79. The molecule has 1 aromatic carbocycles. The Hall–Kier alpha value is -1.41. The molecule has 0 aliphatic heterocycles. The summed E-state index contributed by atoms with van der Waals surface area (Å²) in [6.07, 6.45) is 8.07. The minimum atomic E-state index is 0.196. The second kappa shape index (κ2) is 4.69. The van der Waals surface area contributed by atoms with Crippen LogP contribution in [-0.2, 0) is 12.8 Å². The van der Waals surface area contributed by atoms with Gasteiger partial charge < -0.3 is 5.32 Å². The van der Waals surface area contributed by atoms with Gasteiger partial charge in [0.05, 0.1) is 0 Å². The first-order valence-corrected chi connectivity index (χ1v) is 6.90. The highest BCUT2D eigenvalue weighted by molar-refractivity contribution is 6.14. The van der Waals surface area contributed by atoms with Gasteiger partial charge in [0.15, 0.2) is 5.78 Å². The number of rotatable bonds is 3. The summed E-state index contributed by atoms with van der Waals surface area (Å²) in [5, 5.41) is 3.59. The number of nitrogens with one attached hydrogen (secondary N) is 1. The lowest BCUT2D eigenvalue weighted by Crippen LogP contribution is -2.35. The quantitative estimate of drug-likeness (QED) is 0.881. The van der Waals surface area contributed by atoms with Gasteiger partial charge in [-0.3, -0.25) is 4.79 Å².